The lowest BCUT2D eigenvalue weighted by atomic mass is 10.1. The molecule has 1 heterocycles. The quantitative estimate of drug-likeness (QED) is 0.827. The molecule has 1 aromatic heterocycles. The van der Waals surface area contributed by atoms with Crippen LogP contribution in [0.3, 0.4) is 0 Å². The summed E-state index contributed by atoms with van der Waals surface area (Å²) in [6.45, 7) is 7.82. The minimum atomic E-state index is -0.209. The van der Waals surface area contributed by atoms with E-state index in [-0.39, 0.29) is 17.6 Å². The van der Waals surface area contributed by atoms with E-state index in [4.69, 9.17) is 4.42 Å². The van der Waals surface area contributed by atoms with Crippen LogP contribution in [0.1, 0.15) is 33.3 Å². The van der Waals surface area contributed by atoms with Crippen molar-refractivity contribution in [3.8, 4) is 0 Å². The highest BCUT2D eigenvalue weighted by molar-refractivity contribution is 5.74. The van der Waals surface area contributed by atoms with Crippen LogP contribution in [0.2, 0.25) is 0 Å². The van der Waals surface area contributed by atoms with Crippen LogP contribution in [0.25, 0.3) is 0 Å². The lowest BCUT2D eigenvalue weighted by Gasteiger charge is -2.22. The Morgan fingerprint density at radius 3 is 2.69 bits per heavy atom. The maximum atomic E-state index is 11.6. The molecule has 16 heavy (non-hydrogen) atoms. The second-order valence-electron chi connectivity index (χ2n) is 5.09. The highest BCUT2D eigenvalue weighted by atomic mass is 16.3. The normalized spacial score (nSPS) is 13.2. The zero-order valence-corrected chi connectivity index (χ0v) is 10.3. The van der Waals surface area contributed by atoms with E-state index in [0.29, 0.717) is 0 Å². The van der Waals surface area contributed by atoms with Crippen molar-refractivity contribution in [1.29, 1.82) is 0 Å². The van der Waals surface area contributed by atoms with Crippen molar-refractivity contribution in [2.24, 2.45) is 0 Å². The van der Waals surface area contributed by atoms with E-state index >= 15 is 0 Å². The van der Waals surface area contributed by atoms with Gasteiger partial charge in [0, 0.05) is 11.6 Å². The van der Waals surface area contributed by atoms with Gasteiger partial charge in [-0.25, -0.2) is 4.79 Å². The van der Waals surface area contributed by atoms with Crippen LogP contribution in [0.5, 0.6) is 0 Å². The molecule has 2 N–H and O–H groups in total. The topological polar surface area (TPSA) is 54.3 Å². The Hall–Kier alpha value is -1.45. The highest BCUT2D eigenvalue weighted by Crippen LogP contribution is 2.04. The van der Waals surface area contributed by atoms with E-state index in [9.17, 15) is 4.79 Å². The molecule has 0 fully saturated rings. The van der Waals surface area contributed by atoms with Crippen molar-refractivity contribution in [2.75, 3.05) is 0 Å². The summed E-state index contributed by atoms with van der Waals surface area (Å²) < 4.78 is 4.97. The van der Waals surface area contributed by atoms with Crippen molar-refractivity contribution >= 4 is 6.03 Å². The number of rotatable bonds is 3. The van der Waals surface area contributed by atoms with Gasteiger partial charge in [0.1, 0.15) is 0 Å². The average molecular weight is 224 g/mol. The minimum Gasteiger partial charge on any atom is -0.472 e. The zero-order valence-electron chi connectivity index (χ0n) is 10.3. The Balaban J connectivity index is 2.34. The van der Waals surface area contributed by atoms with Crippen LogP contribution in [0, 0.1) is 0 Å². The standard InChI is InChI=1S/C12H20N2O2/c1-9(7-10-5-6-16-8-10)13-11(15)14-12(2,3)4/h5-6,8-9H,7H2,1-4H3,(H2,13,14,15). The smallest absolute Gasteiger partial charge is 0.315 e. The molecule has 4 heteroatoms. The van der Waals surface area contributed by atoms with E-state index in [1.807, 2.05) is 33.8 Å². The largest absolute Gasteiger partial charge is 0.472 e. The second-order valence-corrected chi connectivity index (χ2v) is 5.09. The first-order valence-corrected chi connectivity index (χ1v) is 5.46. The van der Waals surface area contributed by atoms with Crippen LogP contribution in [0.15, 0.2) is 23.0 Å². The van der Waals surface area contributed by atoms with Crippen LogP contribution in [-0.4, -0.2) is 17.6 Å². The van der Waals surface area contributed by atoms with Crippen LogP contribution in [-0.2, 0) is 6.42 Å². The first kappa shape index (κ1) is 12.6. The Kier molecular flexibility index (Phi) is 3.99. The summed E-state index contributed by atoms with van der Waals surface area (Å²) in [6.07, 6.45) is 4.10. The van der Waals surface area contributed by atoms with Gasteiger partial charge in [-0.2, -0.15) is 0 Å². The highest BCUT2D eigenvalue weighted by Gasteiger charge is 2.15. The molecule has 0 radical (unpaired) electrons. The molecular formula is C12H20N2O2. The van der Waals surface area contributed by atoms with Gasteiger partial charge in [-0.1, -0.05) is 0 Å². The number of carbonyl (C=O) groups is 1. The Morgan fingerprint density at radius 1 is 1.50 bits per heavy atom. The summed E-state index contributed by atoms with van der Waals surface area (Å²) in [6, 6.07) is 1.85. The molecule has 0 saturated carbocycles. The van der Waals surface area contributed by atoms with Gasteiger partial charge < -0.3 is 15.1 Å². The number of hydrogen-bond acceptors (Lipinski definition) is 2. The Labute approximate surface area is 96.4 Å². The van der Waals surface area contributed by atoms with Gasteiger partial charge in [-0.15, -0.1) is 0 Å². The fraction of sp³-hybridized carbons (Fsp3) is 0.583. The predicted molar refractivity (Wildman–Crippen MR) is 63.3 cm³/mol. The SMILES string of the molecule is CC(Cc1ccoc1)NC(=O)NC(C)(C)C. The molecule has 0 aliphatic carbocycles. The molecule has 0 saturated heterocycles. The van der Waals surface area contributed by atoms with Gasteiger partial charge in [0.25, 0.3) is 0 Å². The Morgan fingerprint density at radius 2 is 2.19 bits per heavy atom. The average Bonchev–Trinajstić information content (AvgIpc) is 2.51. The molecule has 0 aromatic carbocycles. The van der Waals surface area contributed by atoms with Gasteiger partial charge in [-0.05, 0) is 45.7 Å². The van der Waals surface area contributed by atoms with E-state index < -0.39 is 0 Å². The fourth-order valence-corrected chi connectivity index (χ4v) is 1.41. The summed E-state index contributed by atoms with van der Waals surface area (Å²) in [5, 5.41) is 5.74. The monoisotopic (exact) mass is 224 g/mol. The number of nitrogens with one attached hydrogen (secondary N) is 2. The third kappa shape index (κ3) is 4.87. The van der Waals surface area contributed by atoms with E-state index in [1.165, 1.54) is 0 Å². The van der Waals surface area contributed by atoms with Crippen molar-refractivity contribution in [3.05, 3.63) is 24.2 Å². The third-order valence-corrected chi connectivity index (χ3v) is 1.99. The molecule has 1 aromatic rings. The molecule has 4 nitrogen and oxygen atoms in total. The third-order valence-electron chi connectivity index (χ3n) is 1.99. The fourth-order valence-electron chi connectivity index (χ4n) is 1.41. The second kappa shape index (κ2) is 5.05. The number of hydrogen-bond donors (Lipinski definition) is 2. The predicted octanol–water partition coefficient (Wildman–Crippen LogP) is 2.31. The van der Waals surface area contributed by atoms with Crippen LogP contribution >= 0.6 is 0 Å². The number of urea groups is 1. The number of furan rings is 1. The van der Waals surface area contributed by atoms with E-state index in [2.05, 4.69) is 10.6 Å². The molecule has 0 spiro atoms. The Bertz CT molecular complexity index is 325. The van der Waals surface area contributed by atoms with Gasteiger partial charge in [-0.3, -0.25) is 0 Å². The summed E-state index contributed by atoms with van der Waals surface area (Å²) in [5.74, 6) is 0. The van der Waals surface area contributed by atoms with Crippen molar-refractivity contribution in [3.63, 3.8) is 0 Å². The van der Waals surface area contributed by atoms with E-state index in [0.717, 1.165) is 12.0 Å². The van der Waals surface area contributed by atoms with E-state index in [1.54, 1.807) is 12.5 Å². The first-order chi connectivity index (χ1) is 7.37. The minimum absolute atomic E-state index is 0.0833. The molecule has 0 aliphatic heterocycles. The first-order valence-electron chi connectivity index (χ1n) is 5.46. The summed E-state index contributed by atoms with van der Waals surface area (Å²) >= 11 is 0. The molecule has 1 rings (SSSR count). The number of carbonyl (C=O) groups excluding carboxylic acids is 1. The van der Waals surface area contributed by atoms with Gasteiger partial charge in [0.15, 0.2) is 0 Å². The molecule has 0 bridgehead atoms. The van der Waals surface area contributed by atoms with Crippen LogP contribution < -0.4 is 10.6 Å². The molecule has 1 atom stereocenters. The summed E-state index contributed by atoms with van der Waals surface area (Å²) in [5.41, 5.74) is 0.878. The van der Waals surface area contributed by atoms with Crippen molar-refractivity contribution < 1.29 is 9.21 Å². The number of amides is 2. The lowest BCUT2D eigenvalue weighted by molar-refractivity contribution is 0.229. The molecule has 2 amide bonds. The maximum absolute atomic E-state index is 11.6. The lowest BCUT2D eigenvalue weighted by Crippen LogP contribution is -2.49. The maximum Gasteiger partial charge on any atom is 0.315 e. The van der Waals surface area contributed by atoms with Crippen molar-refractivity contribution in [1.82, 2.24) is 10.6 Å². The zero-order chi connectivity index (χ0) is 12.2. The van der Waals surface area contributed by atoms with Gasteiger partial charge in [0.05, 0.1) is 12.5 Å². The molecule has 90 valence electrons. The molecule has 1 unspecified atom stereocenters. The van der Waals surface area contributed by atoms with Crippen molar-refractivity contribution in [2.45, 2.75) is 45.7 Å². The molecular weight excluding hydrogens is 204 g/mol. The van der Waals surface area contributed by atoms with Gasteiger partial charge in [0.2, 0.25) is 0 Å². The summed E-state index contributed by atoms with van der Waals surface area (Å²) in [4.78, 5) is 11.6. The molecule has 0 aliphatic rings. The summed E-state index contributed by atoms with van der Waals surface area (Å²) in [7, 11) is 0. The van der Waals surface area contributed by atoms with Gasteiger partial charge >= 0.3 is 6.03 Å². The van der Waals surface area contributed by atoms with Crippen LogP contribution in [0.4, 0.5) is 4.79 Å².